The fraction of sp³-hybridized carbons (Fsp3) is 0.0833. The summed E-state index contributed by atoms with van der Waals surface area (Å²) >= 11 is 1.67. The molecule has 0 bridgehead atoms. The van der Waals surface area contributed by atoms with Crippen molar-refractivity contribution < 1.29 is 5.11 Å². The van der Waals surface area contributed by atoms with E-state index in [1.807, 2.05) is 31.2 Å². The molecule has 1 heterocycles. The van der Waals surface area contributed by atoms with Crippen LogP contribution in [0.25, 0.3) is 10.4 Å². The normalized spacial score (nSPS) is 9.87. The maximum absolute atomic E-state index is 9.37. The Hall–Kier alpha value is -1.79. The molecule has 2 nitrogen and oxygen atoms in total. The highest BCUT2D eigenvalue weighted by molar-refractivity contribution is 7.15. The molecule has 0 aliphatic carbocycles. The number of phenolic OH excluding ortho intramolecular Hbond substituents is 1. The Morgan fingerprint density at radius 3 is 2.67 bits per heavy atom. The van der Waals surface area contributed by atoms with Gasteiger partial charge in [-0.15, -0.1) is 11.3 Å². The molecule has 0 radical (unpaired) electrons. The second kappa shape index (κ2) is 3.76. The van der Waals surface area contributed by atoms with Crippen molar-refractivity contribution >= 4 is 11.3 Å². The quantitative estimate of drug-likeness (QED) is 0.793. The molecule has 0 saturated heterocycles. The number of hydrogen-bond donors (Lipinski definition) is 1. The number of thiophene rings is 1. The van der Waals surface area contributed by atoms with Crippen LogP contribution in [0.1, 0.15) is 10.4 Å². The van der Waals surface area contributed by atoms with Gasteiger partial charge < -0.3 is 5.11 Å². The molecule has 0 atom stereocenters. The summed E-state index contributed by atoms with van der Waals surface area (Å²) in [4.78, 5) is 2.35. The van der Waals surface area contributed by atoms with Crippen molar-refractivity contribution in [3.8, 4) is 22.3 Å². The van der Waals surface area contributed by atoms with Crippen LogP contribution in [0.4, 0.5) is 0 Å². The molecule has 3 heteroatoms. The first kappa shape index (κ1) is 9.75. The number of benzene rings is 1. The third kappa shape index (κ3) is 1.85. The summed E-state index contributed by atoms with van der Waals surface area (Å²) < 4.78 is 0. The number of aryl methyl sites for hydroxylation is 1. The van der Waals surface area contributed by atoms with E-state index in [4.69, 9.17) is 5.26 Å². The van der Waals surface area contributed by atoms with Crippen LogP contribution in [0.3, 0.4) is 0 Å². The van der Waals surface area contributed by atoms with Gasteiger partial charge in [-0.1, -0.05) is 0 Å². The van der Waals surface area contributed by atoms with Crippen LogP contribution in [-0.4, -0.2) is 5.11 Å². The van der Waals surface area contributed by atoms with E-state index in [1.165, 1.54) is 4.88 Å². The minimum atomic E-state index is 0.0366. The SMILES string of the molecule is Cc1ccc(-c2ccc(O)c(C#N)c2)s1. The Balaban J connectivity index is 2.51. The van der Waals surface area contributed by atoms with E-state index >= 15 is 0 Å². The van der Waals surface area contributed by atoms with E-state index < -0.39 is 0 Å². The highest BCUT2D eigenvalue weighted by atomic mass is 32.1. The summed E-state index contributed by atoms with van der Waals surface area (Å²) in [5.41, 5.74) is 1.29. The second-order valence-electron chi connectivity index (χ2n) is 3.25. The lowest BCUT2D eigenvalue weighted by molar-refractivity contribution is 0.473. The summed E-state index contributed by atoms with van der Waals surface area (Å²) in [5, 5.41) is 18.2. The average Bonchev–Trinajstić information content (AvgIpc) is 2.66. The molecule has 1 aromatic heterocycles. The molecule has 1 N–H and O–H groups in total. The molecule has 0 spiro atoms. The van der Waals surface area contributed by atoms with Crippen LogP contribution in [0.5, 0.6) is 5.75 Å². The van der Waals surface area contributed by atoms with E-state index in [1.54, 1.807) is 23.5 Å². The van der Waals surface area contributed by atoms with Crippen molar-refractivity contribution in [3.05, 3.63) is 40.8 Å². The molecule has 0 aliphatic rings. The molecular weight excluding hydrogens is 206 g/mol. The zero-order valence-electron chi connectivity index (χ0n) is 8.19. The summed E-state index contributed by atoms with van der Waals surface area (Å²) in [7, 11) is 0. The lowest BCUT2D eigenvalue weighted by atomic mass is 10.1. The van der Waals surface area contributed by atoms with Crippen LogP contribution in [0.15, 0.2) is 30.3 Å². The summed E-state index contributed by atoms with van der Waals surface area (Å²) in [6.45, 7) is 2.04. The van der Waals surface area contributed by atoms with Gasteiger partial charge in [-0.2, -0.15) is 5.26 Å². The average molecular weight is 215 g/mol. The number of nitrogens with zero attached hydrogens (tertiary/aromatic N) is 1. The van der Waals surface area contributed by atoms with Crippen LogP contribution >= 0.6 is 11.3 Å². The molecule has 2 aromatic rings. The number of hydrogen-bond acceptors (Lipinski definition) is 3. The van der Waals surface area contributed by atoms with Gasteiger partial charge in [0.1, 0.15) is 11.8 Å². The van der Waals surface area contributed by atoms with Gasteiger partial charge in [0.2, 0.25) is 0 Å². The first-order chi connectivity index (χ1) is 7.20. The van der Waals surface area contributed by atoms with Crippen molar-refractivity contribution in [3.63, 3.8) is 0 Å². The lowest BCUT2D eigenvalue weighted by Crippen LogP contribution is -1.78. The Morgan fingerprint density at radius 2 is 2.07 bits per heavy atom. The maximum atomic E-state index is 9.37. The van der Waals surface area contributed by atoms with Gasteiger partial charge in [-0.05, 0) is 42.8 Å². The Labute approximate surface area is 92.0 Å². The lowest BCUT2D eigenvalue weighted by Gasteiger charge is -1.99. The molecule has 74 valence electrons. The number of phenols is 1. The first-order valence-electron chi connectivity index (χ1n) is 4.50. The summed E-state index contributed by atoms with van der Waals surface area (Å²) in [5.74, 6) is 0.0366. The van der Waals surface area contributed by atoms with Gasteiger partial charge in [0.25, 0.3) is 0 Å². The van der Waals surface area contributed by atoms with E-state index in [9.17, 15) is 5.11 Å². The fourth-order valence-electron chi connectivity index (χ4n) is 1.37. The summed E-state index contributed by atoms with van der Waals surface area (Å²) in [6.07, 6.45) is 0. The van der Waals surface area contributed by atoms with Gasteiger partial charge in [-0.25, -0.2) is 0 Å². The van der Waals surface area contributed by atoms with Crippen LogP contribution in [0.2, 0.25) is 0 Å². The van der Waals surface area contributed by atoms with Gasteiger partial charge >= 0.3 is 0 Å². The minimum Gasteiger partial charge on any atom is -0.507 e. The van der Waals surface area contributed by atoms with Gasteiger partial charge in [0.05, 0.1) is 5.56 Å². The fourth-order valence-corrected chi connectivity index (χ4v) is 2.23. The second-order valence-corrected chi connectivity index (χ2v) is 4.54. The molecule has 0 fully saturated rings. The van der Waals surface area contributed by atoms with Crippen molar-refractivity contribution in [2.24, 2.45) is 0 Å². The van der Waals surface area contributed by atoms with E-state index in [0.717, 1.165) is 10.4 Å². The van der Waals surface area contributed by atoms with Gasteiger partial charge in [0.15, 0.2) is 0 Å². The molecule has 0 unspecified atom stereocenters. The predicted molar refractivity (Wildman–Crippen MR) is 60.9 cm³/mol. The van der Waals surface area contributed by atoms with Crippen molar-refractivity contribution in [2.75, 3.05) is 0 Å². The standard InChI is InChI=1S/C12H9NOS/c1-8-2-5-12(15-8)9-3-4-11(14)10(6-9)7-13/h2-6,14H,1H3. The van der Waals surface area contributed by atoms with Crippen molar-refractivity contribution in [2.45, 2.75) is 6.92 Å². The third-order valence-electron chi connectivity index (χ3n) is 2.14. The third-order valence-corrected chi connectivity index (χ3v) is 3.19. The Kier molecular flexibility index (Phi) is 2.44. The maximum Gasteiger partial charge on any atom is 0.133 e. The zero-order valence-corrected chi connectivity index (χ0v) is 9.01. The molecule has 0 saturated carbocycles. The highest BCUT2D eigenvalue weighted by Gasteiger charge is 2.05. The smallest absolute Gasteiger partial charge is 0.133 e. The van der Waals surface area contributed by atoms with Crippen LogP contribution in [0, 0.1) is 18.3 Å². The topological polar surface area (TPSA) is 44.0 Å². The number of aromatic hydroxyl groups is 1. The highest BCUT2D eigenvalue weighted by Crippen LogP contribution is 2.30. The first-order valence-corrected chi connectivity index (χ1v) is 5.32. The van der Waals surface area contributed by atoms with Gasteiger partial charge in [-0.3, -0.25) is 0 Å². The molecule has 2 rings (SSSR count). The zero-order chi connectivity index (χ0) is 10.8. The van der Waals surface area contributed by atoms with Crippen LogP contribution < -0.4 is 0 Å². The predicted octanol–water partition coefficient (Wildman–Crippen LogP) is 3.30. The van der Waals surface area contributed by atoms with Gasteiger partial charge in [0, 0.05) is 9.75 Å². The van der Waals surface area contributed by atoms with E-state index in [-0.39, 0.29) is 5.75 Å². The van der Waals surface area contributed by atoms with Crippen molar-refractivity contribution in [1.29, 1.82) is 5.26 Å². The summed E-state index contributed by atoms with van der Waals surface area (Å²) in [6, 6.07) is 11.1. The number of rotatable bonds is 1. The Bertz CT molecular complexity index is 537. The minimum absolute atomic E-state index is 0.0366. The molecule has 0 amide bonds. The number of nitriles is 1. The van der Waals surface area contributed by atoms with E-state index in [2.05, 4.69) is 0 Å². The largest absolute Gasteiger partial charge is 0.507 e. The van der Waals surface area contributed by atoms with E-state index in [0.29, 0.717) is 5.56 Å². The van der Waals surface area contributed by atoms with Crippen molar-refractivity contribution in [1.82, 2.24) is 0 Å². The molecule has 1 aromatic carbocycles. The molecule has 0 aliphatic heterocycles. The molecule has 15 heavy (non-hydrogen) atoms. The monoisotopic (exact) mass is 215 g/mol. The van der Waals surface area contributed by atoms with Crippen LogP contribution in [-0.2, 0) is 0 Å². The molecular formula is C12H9NOS. The Morgan fingerprint density at radius 1 is 1.27 bits per heavy atom.